The van der Waals surface area contributed by atoms with Crippen molar-refractivity contribution in [2.45, 2.75) is 19.4 Å². The fourth-order valence-electron chi connectivity index (χ4n) is 2.01. The number of aryl methyl sites for hydroxylation is 1. The second kappa shape index (κ2) is 9.75. The Hall–Kier alpha value is -1.10. The monoisotopic (exact) mass is 299 g/mol. The van der Waals surface area contributed by atoms with Crippen molar-refractivity contribution in [3.63, 3.8) is 0 Å². The summed E-state index contributed by atoms with van der Waals surface area (Å²) in [4.78, 5) is 13.6. The van der Waals surface area contributed by atoms with Gasteiger partial charge in [0, 0.05) is 6.54 Å². The van der Waals surface area contributed by atoms with Crippen LogP contribution >= 0.6 is 12.4 Å². The number of nitrogens with one attached hydrogen (secondary N) is 2. The van der Waals surface area contributed by atoms with Gasteiger partial charge in [-0.15, -0.1) is 12.4 Å². The van der Waals surface area contributed by atoms with Crippen LogP contribution in [0.4, 0.5) is 0 Å². The topological polar surface area (TPSA) is 44.4 Å². The van der Waals surface area contributed by atoms with E-state index in [1.807, 2.05) is 14.1 Å². The number of halogens is 1. The number of nitrogens with zero attached hydrogens (tertiary/aromatic N) is 1. The van der Waals surface area contributed by atoms with E-state index in [9.17, 15) is 4.79 Å². The van der Waals surface area contributed by atoms with Crippen molar-refractivity contribution >= 4 is 18.3 Å². The van der Waals surface area contributed by atoms with Gasteiger partial charge in [-0.2, -0.15) is 0 Å². The lowest BCUT2D eigenvalue weighted by atomic mass is 10.0. The van der Waals surface area contributed by atoms with Crippen molar-refractivity contribution in [2.24, 2.45) is 0 Å². The molecule has 20 heavy (non-hydrogen) atoms. The Morgan fingerprint density at radius 2 is 1.85 bits per heavy atom. The SMILES string of the molecule is CCc1ccc(C(CNC(=O)CNC)N(C)C)cc1.Cl. The standard InChI is InChI=1S/C15H25N3O.ClH/c1-5-12-6-8-13(9-7-12)14(18(3)4)10-17-15(19)11-16-2;/h6-9,14,16H,5,10-11H2,1-4H3,(H,17,19);1H. The number of hydrogen-bond acceptors (Lipinski definition) is 3. The van der Waals surface area contributed by atoms with E-state index in [1.165, 1.54) is 11.1 Å². The summed E-state index contributed by atoms with van der Waals surface area (Å²) in [7, 11) is 5.83. The van der Waals surface area contributed by atoms with Gasteiger partial charge in [-0.3, -0.25) is 4.79 Å². The smallest absolute Gasteiger partial charge is 0.234 e. The van der Waals surface area contributed by atoms with E-state index >= 15 is 0 Å². The molecule has 0 aliphatic rings. The first-order valence-electron chi connectivity index (χ1n) is 6.75. The third kappa shape index (κ3) is 5.90. The molecule has 0 spiro atoms. The molecule has 0 aromatic heterocycles. The summed E-state index contributed by atoms with van der Waals surface area (Å²) in [5.74, 6) is 0.0273. The summed E-state index contributed by atoms with van der Waals surface area (Å²) in [6, 6.07) is 8.80. The zero-order chi connectivity index (χ0) is 14.3. The summed E-state index contributed by atoms with van der Waals surface area (Å²) in [6.45, 7) is 3.13. The van der Waals surface area contributed by atoms with Crippen LogP contribution in [0.25, 0.3) is 0 Å². The van der Waals surface area contributed by atoms with Gasteiger partial charge < -0.3 is 15.5 Å². The predicted octanol–water partition coefficient (Wildman–Crippen LogP) is 1.61. The minimum absolute atomic E-state index is 0. The predicted molar refractivity (Wildman–Crippen MR) is 86.4 cm³/mol. The average molecular weight is 300 g/mol. The summed E-state index contributed by atoms with van der Waals surface area (Å²) in [6.07, 6.45) is 1.05. The van der Waals surface area contributed by atoms with Crippen molar-refractivity contribution in [3.8, 4) is 0 Å². The Labute approximate surface area is 128 Å². The first-order valence-corrected chi connectivity index (χ1v) is 6.75. The molecule has 0 aliphatic carbocycles. The number of benzene rings is 1. The first-order chi connectivity index (χ1) is 9.08. The second-order valence-corrected chi connectivity index (χ2v) is 4.91. The van der Waals surface area contributed by atoms with Crippen molar-refractivity contribution in [1.29, 1.82) is 0 Å². The highest BCUT2D eigenvalue weighted by Crippen LogP contribution is 2.18. The van der Waals surface area contributed by atoms with Crippen molar-refractivity contribution in [2.75, 3.05) is 34.2 Å². The molecule has 0 aliphatic heterocycles. The molecule has 5 heteroatoms. The van der Waals surface area contributed by atoms with Crippen LogP contribution < -0.4 is 10.6 Å². The molecule has 0 radical (unpaired) electrons. The lowest BCUT2D eigenvalue weighted by Crippen LogP contribution is -2.38. The molecule has 0 saturated heterocycles. The minimum atomic E-state index is 0. The molecular formula is C15H26ClN3O. The van der Waals surface area contributed by atoms with Gasteiger partial charge in [0.05, 0.1) is 12.6 Å². The van der Waals surface area contributed by atoms with Crippen molar-refractivity contribution in [3.05, 3.63) is 35.4 Å². The van der Waals surface area contributed by atoms with Gasteiger partial charge in [0.25, 0.3) is 0 Å². The first kappa shape index (κ1) is 18.9. The zero-order valence-corrected chi connectivity index (χ0v) is 13.6. The maximum absolute atomic E-state index is 11.5. The van der Waals surface area contributed by atoms with E-state index in [0.29, 0.717) is 13.1 Å². The number of carbonyl (C=O) groups is 1. The van der Waals surface area contributed by atoms with Crippen LogP contribution in [-0.2, 0) is 11.2 Å². The lowest BCUT2D eigenvalue weighted by molar-refractivity contribution is -0.120. The molecule has 114 valence electrons. The lowest BCUT2D eigenvalue weighted by Gasteiger charge is -2.25. The maximum Gasteiger partial charge on any atom is 0.234 e. The average Bonchev–Trinajstić information content (AvgIpc) is 2.39. The van der Waals surface area contributed by atoms with E-state index in [1.54, 1.807) is 7.05 Å². The molecule has 2 N–H and O–H groups in total. The highest BCUT2D eigenvalue weighted by molar-refractivity contribution is 5.85. The van der Waals surface area contributed by atoms with Gasteiger partial charge in [0.1, 0.15) is 0 Å². The van der Waals surface area contributed by atoms with Crippen molar-refractivity contribution in [1.82, 2.24) is 15.5 Å². The molecule has 0 saturated carbocycles. The molecule has 0 heterocycles. The number of likely N-dealkylation sites (N-methyl/N-ethyl adjacent to an activating group) is 2. The highest BCUT2D eigenvalue weighted by atomic mass is 35.5. The fraction of sp³-hybridized carbons (Fsp3) is 0.533. The van der Waals surface area contributed by atoms with Crippen LogP contribution in [-0.4, -0.2) is 45.0 Å². The van der Waals surface area contributed by atoms with E-state index in [4.69, 9.17) is 0 Å². The summed E-state index contributed by atoms with van der Waals surface area (Å²) < 4.78 is 0. The molecule has 1 atom stereocenters. The Morgan fingerprint density at radius 3 is 2.30 bits per heavy atom. The molecular weight excluding hydrogens is 274 g/mol. The Morgan fingerprint density at radius 1 is 1.25 bits per heavy atom. The van der Waals surface area contributed by atoms with Gasteiger partial charge in [-0.25, -0.2) is 0 Å². The van der Waals surface area contributed by atoms with Crippen molar-refractivity contribution < 1.29 is 4.79 Å². The van der Waals surface area contributed by atoms with Crippen LogP contribution in [0.1, 0.15) is 24.1 Å². The molecule has 1 aromatic rings. The van der Waals surface area contributed by atoms with E-state index in [-0.39, 0.29) is 24.4 Å². The maximum atomic E-state index is 11.5. The van der Waals surface area contributed by atoms with E-state index < -0.39 is 0 Å². The van der Waals surface area contributed by atoms with Gasteiger partial charge in [0.2, 0.25) is 5.91 Å². The van der Waals surface area contributed by atoms with Crippen LogP contribution in [0, 0.1) is 0 Å². The molecule has 1 amide bonds. The summed E-state index contributed by atoms with van der Waals surface area (Å²) in [5, 5.41) is 5.80. The van der Waals surface area contributed by atoms with E-state index in [2.05, 4.69) is 46.7 Å². The zero-order valence-electron chi connectivity index (χ0n) is 12.8. The normalized spacial score (nSPS) is 11.8. The van der Waals surface area contributed by atoms with Crippen LogP contribution in [0.15, 0.2) is 24.3 Å². The summed E-state index contributed by atoms with van der Waals surface area (Å²) >= 11 is 0. The number of hydrogen-bond donors (Lipinski definition) is 2. The summed E-state index contributed by atoms with van der Waals surface area (Å²) in [5.41, 5.74) is 2.56. The quantitative estimate of drug-likeness (QED) is 0.804. The van der Waals surface area contributed by atoms with E-state index in [0.717, 1.165) is 6.42 Å². The van der Waals surface area contributed by atoms with Gasteiger partial charge >= 0.3 is 0 Å². The van der Waals surface area contributed by atoms with Gasteiger partial charge in [-0.05, 0) is 38.7 Å². The second-order valence-electron chi connectivity index (χ2n) is 4.91. The number of rotatable bonds is 7. The molecule has 0 fully saturated rings. The number of amides is 1. The molecule has 0 bridgehead atoms. The highest BCUT2D eigenvalue weighted by Gasteiger charge is 2.14. The Kier molecular flexibility index (Phi) is 9.21. The largest absolute Gasteiger partial charge is 0.353 e. The van der Waals surface area contributed by atoms with Gasteiger partial charge in [0.15, 0.2) is 0 Å². The number of carbonyl (C=O) groups excluding carboxylic acids is 1. The molecule has 1 aromatic carbocycles. The molecule has 1 rings (SSSR count). The van der Waals surface area contributed by atoms with Crippen LogP contribution in [0.3, 0.4) is 0 Å². The third-order valence-electron chi connectivity index (χ3n) is 3.23. The third-order valence-corrected chi connectivity index (χ3v) is 3.23. The Balaban J connectivity index is 0.00000361. The molecule has 4 nitrogen and oxygen atoms in total. The van der Waals surface area contributed by atoms with Crippen LogP contribution in [0.5, 0.6) is 0 Å². The molecule has 1 unspecified atom stereocenters. The van der Waals surface area contributed by atoms with Gasteiger partial charge in [-0.1, -0.05) is 31.2 Å². The Bertz CT molecular complexity index is 393. The van der Waals surface area contributed by atoms with Crippen LogP contribution in [0.2, 0.25) is 0 Å². The fourth-order valence-corrected chi connectivity index (χ4v) is 2.01. The minimum Gasteiger partial charge on any atom is -0.353 e.